The molecule has 12 heteroatoms. The molecule has 0 radical (unpaired) electrons. The minimum atomic E-state index is -3.10. The van der Waals surface area contributed by atoms with E-state index in [0.29, 0.717) is 34.6 Å². The summed E-state index contributed by atoms with van der Waals surface area (Å²) >= 11 is 1.52. The van der Waals surface area contributed by atoms with E-state index in [1.54, 1.807) is 17.7 Å². The molecule has 1 unspecified atom stereocenters. The molecule has 1 saturated carbocycles. The Morgan fingerprint density at radius 1 is 1.29 bits per heavy atom. The topological polar surface area (TPSA) is 130 Å². The highest BCUT2D eigenvalue weighted by Crippen LogP contribution is 2.41. The maximum Gasteiger partial charge on any atom is 0.339 e. The lowest BCUT2D eigenvalue weighted by atomic mass is 10.1. The Kier molecular flexibility index (Phi) is 5.03. The molecule has 4 aromatic heterocycles. The number of nitrogens with zero attached hydrogens (tertiary/aromatic N) is 5. The van der Waals surface area contributed by atoms with E-state index in [1.807, 2.05) is 16.8 Å². The number of aryl methyl sites for hydroxylation is 1. The monoisotopic (exact) mass is 499 g/mol. The number of thiophene rings is 1. The van der Waals surface area contributed by atoms with Crippen LogP contribution in [0.15, 0.2) is 27.4 Å². The fourth-order valence-electron chi connectivity index (χ4n) is 4.33. The van der Waals surface area contributed by atoms with Crippen LogP contribution in [-0.2, 0) is 21.2 Å². The van der Waals surface area contributed by atoms with Crippen LogP contribution in [-0.4, -0.2) is 50.8 Å². The van der Waals surface area contributed by atoms with Gasteiger partial charge in [0.15, 0.2) is 22.1 Å². The van der Waals surface area contributed by atoms with Crippen molar-refractivity contribution in [2.75, 3.05) is 11.5 Å². The molecule has 1 aliphatic heterocycles. The molecule has 6 rings (SSSR count). The van der Waals surface area contributed by atoms with Gasteiger partial charge in [0.1, 0.15) is 0 Å². The van der Waals surface area contributed by atoms with E-state index in [9.17, 15) is 13.2 Å². The first kappa shape index (κ1) is 21.4. The van der Waals surface area contributed by atoms with Crippen LogP contribution >= 0.6 is 11.3 Å². The van der Waals surface area contributed by atoms with Crippen LogP contribution in [0.4, 0.5) is 0 Å². The second-order valence-corrected chi connectivity index (χ2v) is 11.8. The van der Waals surface area contributed by atoms with Gasteiger partial charge in [-0.15, -0.1) is 0 Å². The van der Waals surface area contributed by atoms with Gasteiger partial charge in [0.05, 0.1) is 39.8 Å². The summed E-state index contributed by atoms with van der Waals surface area (Å²) in [5.41, 5.74) is 3.14. The molecular formula is C22H21N5O5S2. The minimum absolute atomic E-state index is 0.0304. The first-order chi connectivity index (χ1) is 16.4. The number of aromatic nitrogens is 5. The molecule has 34 heavy (non-hydrogen) atoms. The molecule has 1 atom stereocenters. The fraction of sp³-hybridized carbons (Fsp3) is 0.409. The normalized spacial score (nSPS) is 19.6. The molecule has 2 fully saturated rings. The van der Waals surface area contributed by atoms with Crippen LogP contribution in [0.5, 0.6) is 0 Å². The third-order valence-corrected chi connectivity index (χ3v) is 8.63. The predicted octanol–water partition coefficient (Wildman–Crippen LogP) is 3.45. The predicted molar refractivity (Wildman–Crippen MR) is 123 cm³/mol. The Morgan fingerprint density at radius 3 is 2.85 bits per heavy atom. The molecule has 1 saturated heterocycles. The van der Waals surface area contributed by atoms with Crippen LogP contribution in [0.25, 0.3) is 22.5 Å². The van der Waals surface area contributed by atoms with Gasteiger partial charge in [0.2, 0.25) is 5.82 Å². The number of pyridine rings is 1. The second kappa shape index (κ2) is 7.98. The highest BCUT2D eigenvalue weighted by Gasteiger charge is 2.34. The van der Waals surface area contributed by atoms with Gasteiger partial charge in [-0.25, -0.2) is 22.9 Å². The lowest BCUT2D eigenvalue weighted by molar-refractivity contribution is 0.0461. The third kappa shape index (κ3) is 3.90. The highest BCUT2D eigenvalue weighted by molar-refractivity contribution is 7.91. The molecule has 2 aliphatic rings. The van der Waals surface area contributed by atoms with Gasteiger partial charge in [-0.05, 0) is 43.7 Å². The summed E-state index contributed by atoms with van der Waals surface area (Å²) in [6, 6.07) is 3.36. The average Bonchev–Trinajstić information content (AvgIpc) is 3.16. The number of rotatable bonds is 6. The number of hydrogen-bond acceptors (Lipinski definition) is 10. The molecule has 176 valence electrons. The molecule has 0 spiro atoms. The largest absolute Gasteiger partial charge is 0.454 e. The van der Waals surface area contributed by atoms with Gasteiger partial charge in [0.25, 0.3) is 5.89 Å². The van der Waals surface area contributed by atoms with Gasteiger partial charge in [-0.1, -0.05) is 5.16 Å². The highest BCUT2D eigenvalue weighted by atomic mass is 32.2. The van der Waals surface area contributed by atoms with Crippen molar-refractivity contribution in [2.45, 2.75) is 44.8 Å². The lowest BCUT2D eigenvalue weighted by Crippen LogP contribution is -2.14. The molecule has 5 heterocycles. The first-order valence-corrected chi connectivity index (χ1v) is 13.8. The minimum Gasteiger partial charge on any atom is -0.454 e. The molecular weight excluding hydrogens is 478 g/mol. The van der Waals surface area contributed by atoms with E-state index in [4.69, 9.17) is 14.2 Å². The number of ether oxygens (including phenoxy) is 1. The van der Waals surface area contributed by atoms with Crippen molar-refractivity contribution in [3.05, 3.63) is 45.7 Å². The maximum absolute atomic E-state index is 13.2. The molecule has 0 aromatic carbocycles. The Hall–Kier alpha value is -3.12. The second-order valence-electron chi connectivity index (χ2n) is 8.76. The van der Waals surface area contributed by atoms with Crippen molar-refractivity contribution in [3.63, 3.8) is 0 Å². The number of esters is 1. The van der Waals surface area contributed by atoms with Crippen molar-refractivity contribution in [2.24, 2.45) is 0 Å². The first-order valence-electron chi connectivity index (χ1n) is 11.0. The Bertz CT molecular complexity index is 1500. The number of carbonyl (C=O) groups excluding carboxylic acids is 1. The van der Waals surface area contributed by atoms with Gasteiger partial charge in [0, 0.05) is 17.0 Å². The lowest BCUT2D eigenvalue weighted by Gasteiger charge is -2.11. The van der Waals surface area contributed by atoms with Crippen LogP contribution in [0, 0.1) is 6.92 Å². The van der Waals surface area contributed by atoms with E-state index in [1.165, 1.54) is 11.3 Å². The summed E-state index contributed by atoms with van der Waals surface area (Å²) in [4.78, 5) is 22.3. The van der Waals surface area contributed by atoms with Gasteiger partial charge >= 0.3 is 5.97 Å². The molecule has 10 nitrogen and oxygen atoms in total. The number of sulfone groups is 1. The van der Waals surface area contributed by atoms with Crippen molar-refractivity contribution in [1.82, 2.24) is 24.9 Å². The van der Waals surface area contributed by atoms with E-state index in [0.717, 1.165) is 24.1 Å². The zero-order valence-electron chi connectivity index (χ0n) is 18.3. The van der Waals surface area contributed by atoms with Crippen LogP contribution < -0.4 is 0 Å². The summed E-state index contributed by atoms with van der Waals surface area (Å²) in [5, 5.41) is 12.9. The molecule has 4 aromatic rings. The smallest absolute Gasteiger partial charge is 0.339 e. The van der Waals surface area contributed by atoms with Crippen LogP contribution in [0.1, 0.15) is 58.8 Å². The van der Waals surface area contributed by atoms with Crippen molar-refractivity contribution < 1.29 is 22.5 Å². The molecule has 0 N–H and O–H groups in total. The maximum atomic E-state index is 13.2. The number of fused-ring (bicyclic) bond motifs is 1. The molecule has 0 amide bonds. The van der Waals surface area contributed by atoms with E-state index in [2.05, 4.69) is 15.2 Å². The van der Waals surface area contributed by atoms with Crippen molar-refractivity contribution in [3.8, 4) is 11.5 Å². The average molecular weight is 500 g/mol. The summed E-state index contributed by atoms with van der Waals surface area (Å²) in [6.45, 7) is 1.66. The van der Waals surface area contributed by atoms with Crippen molar-refractivity contribution in [1.29, 1.82) is 0 Å². The summed E-state index contributed by atoms with van der Waals surface area (Å²) < 4.78 is 36.6. The van der Waals surface area contributed by atoms with Crippen LogP contribution in [0.3, 0.4) is 0 Å². The van der Waals surface area contributed by atoms with E-state index < -0.39 is 15.8 Å². The van der Waals surface area contributed by atoms with E-state index in [-0.39, 0.29) is 35.9 Å². The standard InChI is InChI=1S/C22H21N5O5S2/c1-12-19-16(22(28)31-9-18-24-21(32-26-18)14-4-6-33-10-14)8-17(13-2-3-13)23-20(19)27(25-12)15-5-7-34(29,30)11-15/h4,6,8,10,13,15H,2-3,5,7,9,11H2,1H3. The third-order valence-electron chi connectivity index (χ3n) is 6.20. The zero-order chi connectivity index (χ0) is 23.4. The number of carbonyl (C=O) groups is 1. The Morgan fingerprint density at radius 2 is 2.15 bits per heavy atom. The van der Waals surface area contributed by atoms with Gasteiger partial charge in [-0.3, -0.25) is 0 Å². The van der Waals surface area contributed by atoms with Crippen molar-refractivity contribution >= 4 is 38.2 Å². The summed E-state index contributed by atoms with van der Waals surface area (Å²) in [6.07, 6.45) is 2.50. The Balaban J connectivity index is 1.32. The zero-order valence-corrected chi connectivity index (χ0v) is 19.9. The van der Waals surface area contributed by atoms with Crippen LogP contribution in [0.2, 0.25) is 0 Å². The summed E-state index contributed by atoms with van der Waals surface area (Å²) in [7, 11) is -3.10. The van der Waals surface area contributed by atoms with Gasteiger partial charge in [-0.2, -0.15) is 21.4 Å². The SMILES string of the molecule is Cc1nn(C2CCS(=O)(=O)C2)c2nc(C3CC3)cc(C(=O)OCc3noc(-c4ccsc4)n3)c12. The Labute approximate surface area is 198 Å². The van der Waals surface area contributed by atoms with E-state index >= 15 is 0 Å². The molecule has 1 aliphatic carbocycles. The van der Waals surface area contributed by atoms with Gasteiger partial charge < -0.3 is 9.26 Å². The number of hydrogen-bond donors (Lipinski definition) is 0. The summed E-state index contributed by atoms with van der Waals surface area (Å²) in [5.74, 6) is 0.565. The quantitative estimate of drug-likeness (QED) is 0.366. The fourth-order valence-corrected chi connectivity index (χ4v) is 6.65. The molecule has 0 bridgehead atoms.